The molecule has 0 saturated carbocycles. The van der Waals surface area contributed by atoms with Crippen molar-refractivity contribution in [1.82, 2.24) is 19.8 Å². The lowest BCUT2D eigenvalue weighted by Gasteiger charge is -2.39. The fourth-order valence-corrected chi connectivity index (χ4v) is 15.5. The quantitative estimate of drug-likeness (QED) is 0.0202. The van der Waals surface area contributed by atoms with Crippen LogP contribution < -0.4 is 9.61 Å². The van der Waals surface area contributed by atoms with E-state index in [2.05, 4.69) is 5.09 Å². The third-order valence-electron chi connectivity index (χ3n) is 20.2. The van der Waals surface area contributed by atoms with Gasteiger partial charge in [0, 0.05) is 47.2 Å². The molecule has 18 atom stereocenters. The number of Topliss-reactive ketones (excluding diaryl/α,β-unsaturated/α-hetero) is 3. The molecule has 596 valence electrons. The number of hydrogen-bond acceptors (Lipinski definition) is 26. The summed E-state index contributed by atoms with van der Waals surface area (Å²) >= 11 is 5.66. The van der Waals surface area contributed by atoms with Crippen LogP contribution in [0.15, 0.2) is 157 Å². The van der Waals surface area contributed by atoms with Crippen molar-refractivity contribution >= 4 is 77.4 Å². The molecule has 0 radical (unpaired) electrons. The Morgan fingerprint density at radius 3 is 1.32 bits per heavy atom. The predicted molar refractivity (Wildman–Crippen MR) is 398 cm³/mol. The molecular formula is C79H99N4O25PS. The third kappa shape index (κ3) is 20.0. The van der Waals surface area contributed by atoms with Gasteiger partial charge in [-0.05, 0) is 142 Å². The number of para-hydroxylation sites is 1. The first-order chi connectivity index (χ1) is 51.7. The molecule has 4 fully saturated rings. The minimum Gasteiger partial charge on any atom is -0.462 e. The number of amides is 3. The molecule has 4 saturated heterocycles. The Balaban J connectivity index is 0.000000189. The van der Waals surface area contributed by atoms with E-state index in [0.29, 0.717) is 39.2 Å². The number of aliphatic hydroxyl groups is 5. The number of ether oxygens (including phenoxy) is 8. The zero-order valence-corrected chi connectivity index (χ0v) is 65.6. The Labute approximate surface area is 643 Å². The lowest BCUT2D eigenvalue weighted by atomic mass is 9.85. The maximum atomic E-state index is 12.7. The highest BCUT2D eigenvalue weighted by Crippen LogP contribution is 2.48. The zero-order valence-electron chi connectivity index (χ0n) is 63.9. The number of rotatable bonds is 21. The van der Waals surface area contributed by atoms with Crippen LogP contribution >= 0.6 is 6.64 Å². The number of esters is 4. The molecular weight excluding hydrogens is 1470 g/mol. The van der Waals surface area contributed by atoms with Gasteiger partial charge in [-0.3, -0.25) is 48.3 Å². The van der Waals surface area contributed by atoms with Crippen molar-refractivity contribution in [1.29, 1.82) is 0 Å². The molecule has 0 aromatic heterocycles. The highest BCUT2D eigenvalue weighted by molar-refractivity contribution is 8.09. The largest absolute Gasteiger partial charge is 0.462 e. The van der Waals surface area contributed by atoms with Crippen LogP contribution in [0.5, 0.6) is 5.75 Å². The van der Waals surface area contributed by atoms with Gasteiger partial charge in [0.1, 0.15) is 47.4 Å². The molecule has 0 bridgehead atoms. The highest BCUT2D eigenvalue weighted by Gasteiger charge is 2.60. The van der Waals surface area contributed by atoms with Crippen LogP contribution in [0.3, 0.4) is 0 Å². The van der Waals surface area contributed by atoms with Crippen molar-refractivity contribution in [3.63, 3.8) is 0 Å². The summed E-state index contributed by atoms with van der Waals surface area (Å²) in [5, 5.41) is 53.9. The van der Waals surface area contributed by atoms with Gasteiger partial charge in [0.05, 0.1) is 67.5 Å². The number of allylic oxidation sites excluding steroid dienone is 3. The molecule has 7 heterocycles. The van der Waals surface area contributed by atoms with Crippen LogP contribution in [0.25, 0.3) is 0 Å². The topological polar surface area (TPSA) is 386 Å². The van der Waals surface area contributed by atoms with E-state index in [0.717, 1.165) is 22.6 Å². The van der Waals surface area contributed by atoms with Gasteiger partial charge in [-0.25, -0.2) is 19.5 Å². The fourth-order valence-electron chi connectivity index (χ4n) is 13.1. The standard InChI is InChI=1S/C24H33N2O9PS.C22H24O5.C21H25NO5.C12H17NO6/c1-14(2)33-22(30)16(4)25-36(37,35-17-9-7-6-8-10-17)32-13-19-21(29)24(5,31)23(34-19)26-12-15(3)18(27)11-20(26)28;1-4-18-15(2)22(3,27-20(24)17-13-9-6-10-14-17)21(25-18)26-19(23)16-11-7-5-8-12-16;1-5-17-14(3)21(4,27-19(25)15-9-7-6-8-10-15)20(26-17)22-12-13(2)16(23)11-18(22)24;1-6-4-13(9(16)3-7(6)15)11-12(2,18)10(17)8(5-14)19-11/h6-10,12,14,16,19,21,23,29,31H,11,13H2,1-5H3,(H,25,37);5-15,18,21H,4H2,1-3H3;6-10,12,14,17,20H,5,11H2,1-4H3;4,8,10-11,14,17-18H,3,5H2,1-2H3/t16-,19+,21+,23+,24+,36?;15-,18-,21?,22-;14-,17-,20-,21-;8-,10-,11-,12-/m0111/s1. The van der Waals surface area contributed by atoms with Crippen molar-refractivity contribution in [2.24, 2.45) is 11.8 Å². The van der Waals surface area contributed by atoms with E-state index in [1.807, 2.05) is 45.9 Å². The number of hydrogen-bond donors (Lipinski definition) is 6. The van der Waals surface area contributed by atoms with Crippen LogP contribution in [-0.4, -0.2) is 209 Å². The third-order valence-corrected chi connectivity index (χ3v) is 22.7. The predicted octanol–water partition coefficient (Wildman–Crippen LogP) is 7.61. The van der Waals surface area contributed by atoms with Crippen LogP contribution in [0.2, 0.25) is 0 Å². The van der Waals surface area contributed by atoms with Gasteiger partial charge in [0.2, 0.25) is 24.0 Å². The summed E-state index contributed by atoms with van der Waals surface area (Å²) in [6.45, 7) is 19.6. The second-order valence-electron chi connectivity index (χ2n) is 28.8. The smallest absolute Gasteiger partial charge is 0.340 e. The number of nitrogens with zero attached hydrogens (tertiary/aromatic N) is 3. The molecule has 0 aliphatic carbocycles. The van der Waals surface area contributed by atoms with E-state index in [-0.39, 0.29) is 79.3 Å². The van der Waals surface area contributed by atoms with Crippen molar-refractivity contribution in [2.45, 2.75) is 225 Å². The van der Waals surface area contributed by atoms with E-state index in [9.17, 15) is 68.4 Å². The fraction of sp³-hybridized carbons (Fsp3) is 0.494. The number of carbonyl (C=O) groups excluding carboxylic acids is 10. The summed E-state index contributed by atoms with van der Waals surface area (Å²) in [6, 6.07) is 33.9. The van der Waals surface area contributed by atoms with Gasteiger partial charge in [-0.2, -0.15) is 0 Å². The molecule has 31 heteroatoms. The minimum absolute atomic E-state index is 0.126. The Kier molecular flexibility index (Phi) is 29.0. The molecule has 0 spiro atoms. The normalized spacial score (nSPS) is 30.8. The summed E-state index contributed by atoms with van der Waals surface area (Å²) in [5.41, 5.74) is -3.24. The molecule has 4 aromatic rings. The van der Waals surface area contributed by atoms with Crippen LogP contribution in [0.1, 0.15) is 160 Å². The Morgan fingerprint density at radius 1 is 0.545 bits per heavy atom. The first-order valence-electron chi connectivity index (χ1n) is 36.2. The Bertz CT molecular complexity index is 4140. The van der Waals surface area contributed by atoms with Gasteiger partial charge >= 0.3 is 30.5 Å². The van der Waals surface area contributed by atoms with Gasteiger partial charge in [-0.1, -0.05) is 100 Å². The van der Waals surface area contributed by atoms with Crippen molar-refractivity contribution < 1.29 is 120 Å². The number of ketones is 3. The van der Waals surface area contributed by atoms with E-state index >= 15 is 0 Å². The highest BCUT2D eigenvalue weighted by atomic mass is 32.5. The van der Waals surface area contributed by atoms with Crippen LogP contribution in [-0.2, 0) is 87.8 Å². The molecule has 6 N–H and O–H groups in total. The van der Waals surface area contributed by atoms with E-state index < -0.39 is 127 Å². The maximum Gasteiger partial charge on any atom is 0.340 e. The van der Waals surface area contributed by atoms with Gasteiger partial charge in [0.15, 0.2) is 47.2 Å². The van der Waals surface area contributed by atoms with E-state index in [4.69, 9.17) is 63.9 Å². The zero-order chi connectivity index (χ0) is 81.1. The molecule has 4 aromatic carbocycles. The number of nitrogens with one attached hydrogen (secondary N) is 1. The summed E-state index contributed by atoms with van der Waals surface area (Å²) in [7, 11) is 0. The van der Waals surface area contributed by atoms with Crippen molar-refractivity contribution in [2.75, 3.05) is 13.2 Å². The Hall–Kier alpha value is -8.59. The average molecular weight is 1570 g/mol. The van der Waals surface area contributed by atoms with Crippen molar-refractivity contribution in [3.05, 3.63) is 173 Å². The molecule has 7 aliphatic rings. The average Bonchev–Trinajstić information content (AvgIpc) is 1.63. The lowest BCUT2D eigenvalue weighted by Crippen LogP contribution is -2.54. The molecule has 7 aliphatic heterocycles. The first kappa shape index (κ1) is 87.0. The SMILES string of the molecule is CC1=CN([C@@H]2O[C@H](CO)[C@@H](O)[C@@]2(C)O)C(=O)CC1=O.CC1=CN([C@@H]2O[C@H](COP(=S)(N[C@@H](C)C(=O)OC(C)C)Oc3ccccc3)[C@@H](O)[C@@]2(C)O)C(=O)CC1=O.CC[C@H]1OC(OC(=O)c2ccccc2)[C@](C)(OC(=O)c2ccccc2)[C@@H]1C.CC[C@H]1O[C@@H](N2C=C(C)C(=O)CC2=O)[C@](C)(OC(=O)c2ccccc2)[C@@H]1C. The Morgan fingerprint density at radius 2 is 0.909 bits per heavy atom. The lowest BCUT2D eigenvalue weighted by molar-refractivity contribution is -0.169. The second-order valence-corrected chi connectivity index (χ2v) is 32.0. The van der Waals surface area contributed by atoms with Crippen LogP contribution in [0, 0.1) is 11.8 Å². The summed E-state index contributed by atoms with van der Waals surface area (Å²) in [5.74, 6) is -4.07. The number of aliphatic hydroxyl groups excluding tert-OH is 3. The molecule has 29 nitrogen and oxygen atoms in total. The van der Waals surface area contributed by atoms with Gasteiger partial charge < -0.3 is 72.5 Å². The minimum atomic E-state index is -3.42. The monoisotopic (exact) mass is 1570 g/mol. The molecule has 2 unspecified atom stereocenters. The number of carbonyl (C=O) groups is 10. The van der Waals surface area contributed by atoms with E-state index in [1.165, 1.54) is 37.3 Å². The van der Waals surface area contributed by atoms with Crippen molar-refractivity contribution in [3.8, 4) is 5.75 Å². The van der Waals surface area contributed by atoms with Gasteiger partial charge in [0.25, 0.3) is 0 Å². The summed E-state index contributed by atoms with van der Waals surface area (Å²) < 4.78 is 57.7. The molecule has 110 heavy (non-hydrogen) atoms. The van der Waals surface area contributed by atoms with Gasteiger partial charge in [-0.15, -0.1) is 0 Å². The second kappa shape index (κ2) is 36.7. The summed E-state index contributed by atoms with van der Waals surface area (Å²) in [4.78, 5) is 126. The molecule has 11 rings (SSSR count). The molecule has 3 amide bonds. The maximum absolute atomic E-state index is 12.7. The first-order valence-corrected chi connectivity index (χ1v) is 38.8. The van der Waals surface area contributed by atoms with Crippen LogP contribution in [0.4, 0.5) is 0 Å². The van der Waals surface area contributed by atoms with E-state index in [1.54, 1.807) is 159 Å². The summed E-state index contributed by atoms with van der Waals surface area (Å²) in [6.07, 6.45) is -4.99. The number of benzene rings is 4.